The molecule has 142 valence electrons. The highest BCUT2D eigenvalue weighted by atomic mass is 16.6. The second-order valence-electron chi connectivity index (χ2n) is 6.11. The number of rotatable bonds is 7. The minimum atomic E-state index is -1.05. The van der Waals surface area contributed by atoms with E-state index in [1.807, 2.05) is 6.07 Å². The molecule has 9 heteroatoms. The second kappa shape index (κ2) is 7.85. The second-order valence-corrected chi connectivity index (χ2v) is 6.11. The molecule has 1 atom stereocenters. The molecular weight excluding hydrogens is 366 g/mol. The van der Waals surface area contributed by atoms with Gasteiger partial charge in [0.05, 0.1) is 33.8 Å². The molecule has 1 aliphatic heterocycles. The summed E-state index contributed by atoms with van der Waals surface area (Å²) >= 11 is 0. The summed E-state index contributed by atoms with van der Waals surface area (Å²) in [6, 6.07) is 11.9. The number of carbonyl (C=O) groups excluding carboxylic acids is 2. The van der Waals surface area contributed by atoms with Crippen molar-refractivity contribution >= 4 is 17.5 Å². The summed E-state index contributed by atoms with van der Waals surface area (Å²) < 4.78 is 5.35. The van der Waals surface area contributed by atoms with Crippen LogP contribution in [0.2, 0.25) is 0 Å². The van der Waals surface area contributed by atoms with Crippen molar-refractivity contribution in [1.29, 1.82) is 5.26 Å². The first-order valence-corrected chi connectivity index (χ1v) is 8.37. The fraction of sp³-hybridized carbons (Fsp3) is 0.211. The lowest BCUT2D eigenvalue weighted by molar-refractivity contribution is -0.384. The van der Waals surface area contributed by atoms with Gasteiger partial charge in [-0.05, 0) is 24.6 Å². The maximum absolute atomic E-state index is 12.3. The average molecular weight is 381 g/mol. The van der Waals surface area contributed by atoms with Crippen molar-refractivity contribution in [3.63, 3.8) is 0 Å². The molecule has 0 saturated heterocycles. The first kappa shape index (κ1) is 19.0. The van der Waals surface area contributed by atoms with Crippen LogP contribution in [0, 0.1) is 21.4 Å². The van der Waals surface area contributed by atoms with E-state index >= 15 is 0 Å². The number of amides is 2. The van der Waals surface area contributed by atoms with Crippen LogP contribution in [-0.4, -0.2) is 46.0 Å². The van der Waals surface area contributed by atoms with Crippen LogP contribution in [0.5, 0.6) is 5.75 Å². The van der Waals surface area contributed by atoms with Crippen LogP contribution in [0.1, 0.15) is 32.7 Å². The van der Waals surface area contributed by atoms with Crippen LogP contribution < -0.4 is 4.74 Å². The Morgan fingerprint density at radius 2 is 1.82 bits per heavy atom. The predicted molar refractivity (Wildman–Crippen MR) is 95.7 cm³/mol. The van der Waals surface area contributed by atoms with Gasteiger partial charge in [0.2, 0.25) is 0 Å². The molecule has 28 heavy (non-hydrogen) atoms. The number of carbonyl (C=O) groups is 2. The van der Waals surface area contributed by atoms with E-state index in [1.54, 1.807) is 24.3 Å². The highest BCUT2D eigenvalue weighted by molar-refractivity contribution is 6.21. The monoisotopic (exact) mass is 381 g/mol. The molecule has 0 aromatic heterocycles. The van der Waals surface area contributed by atoms with E-state index in [0.29, 0.717) is 11.1 Å². The Bertz CT molecular complexity index is 962. The zero-order valence-electron chi connectivity index (χ0n) is 14.6. The lowest BCUT2D eigenvalue weighted by Gasteiger charge is -2.17. The van der Waals surface area contributed by atoms with Gasteiger partial charge >= 0.3 is 0 Å². The summed E-state index contributed by atoms with van der Waals surface area (Å²) in [4.78, 5) is 35.8. The minimum Gasteiger partial charge on any atom is -0.489 e. The summed E-state index contributed by atoms with van der Waals surface area (Å²) in [6.45, 7) is -0.254. The quantitative estimate of drug-likeness (QED) is 0.440. The summed E-state index contributed by atoms with van der Waals surface area (Å²) in [7, 11) is 0. The fourth-order valence-corrected chi connectivity index (χ4v) is 2.83. The van der Waals surface area contributed by atoms with Crippen molar-refractivity contribution in [3.05, 3.63) is 69.3 Å². The zero-order valence-corrected chi connectivity index (χ0v) is 14.6. The molecule has 0 aliphatic carbocycles. The molecule has 0 unspecified atom stereocenters. The van der Waals surface area contributed by atoms with E-state index < -0.39 is 22.8 Å². The smallest absolute Gasteiger partial charge is 0.273 e. The number of nitriles is 1. The van der Waals surface area contributed by atoms with Crippen molar-refractivity contribution in [2.75, 3.05) is 13.2 Å². The molecule has 1 heterocycles. The molecule has 0 radical (unpaired) electrons. The lowest BCUT2D eigenvalue weighted by Crippen LogP contribution is -2.33. The topological polar surface area (TPSA) is 134 Å². The standard InChI is InChI=1S/C19H15N3O6/c20-10-12-5-6-13(22(26)27)9-17(12)28-11-14(23)7-8-21-18(24)15-3-1-2-4-16(15)19(21)25/h1-6,9,14,23H,7-8,11H2/t14-/m0/s1. The summed E-state index contributed by atoms with van der Waals surface area (Å²) in [5.74, 6) is -0.852. The maximum Gasteiger partial charge on any atom is 0.273 e. The number of non-ortho nitro benzene ring substituents is 1. The van der Waals surface area contributed by atoms with Crippen LogP contribution >= 0.6 is 0 Å². The first-order chi connectivity index (χ1) is 13.4. The Morgan fingerprint density at radius 1 is 1.18 bits per heavy atom. The summed E-state index contributed by atoms with van der Waals surface area (Å²) in [5.41, 5.74) is 0.509. The molecule has 0 saturated carbocycles. The van der Waals surface area contributed by atoms with E-state index in [2.05, 4.69) is 0 Å². The Morgan fingerprint density at radius 3 is 2.39 bits per heavy atom. The number of nitro groups is 1. The van der Waals surface area contributed by atoms with Crippen LogP contribution in [0.25, 0.3) is 0 Å². The Kier molecular flexibility index (Phi) is 5.33. The highest BCUT2D eigenvalue weighted by Gasteiger charge is 2.34. The van der Waals surface area contributed by atoms with Gasteiger partial charge < -0.3 is 9.84 Å². The number of imide groups is 1. The normalized spacial score (nSPS) is 13.8. The number of fused-ring (bicyclic) bond motifs is 1. The van der Waals surface area contributed by atoms with Gasteiger partial charge in [-0.25, -0.2) is 0 Å². The Labute approximate surface area is 159 Å². The molecule has 0 spiro atoms. The molecular formula is C19H15N3O6. The zero-order chi connectivity index (χ0) is 20.3. The third kappa shape index (κ3) is 3.67. The van der Waals surface area contributed by atoms with Gasteiger partial charge in [-0.2, -0.15) is 5.26 Å². The van der Waals surface area contributed by atoms with E-state index in [0.717, 1.165) is 11.0 Å². The van der Waals surface area contributed by atoms with Crippen molar-refractivity contribution < 1.29 is 24.4 Å². The SMILES string of the molecule is N#Cc1ccc([N+](=O)[O-])cc1OC[C@@H](O)CCN1C(=O)c2ccccc2C1=O. The molecule has 0 bridgehead atoms. The largest absolute Gasteiger partial charge is 0.489 e. The van der Waals surface area contributed by atoms with Crippen LogP contribution in [0.4, 0.5) is 5.69 Å². The molecule has 9 nitrogen and oxygen atoms in total. The van der Waals surface area contributed by atoms with Crippen molar-refractivity contribution in [2.24, 2.45) is 0 Å². The van der Waals surface area contributed by atoms with Crippen molar-refractivity contribution in [3.8, 4) is 11.8 Å². The number of hydrogen-bond acceptors (Lipinski definition) is 7. The highest BCUT2D eigenvalue weighted by Crippen LogP contribution is 2.25. The van der Waals surface area contributed by atoms with Gasteiger partial charge in [0.15, 0.2) is 0 Å². The number of nitrogens with zero attached hydrogens (tertiary/aromatic N) is 3. The molecule has 1 N–H and O–H groups in total. The number of benzene rings is 2. The van der Waals surface area contributed by atoms with Crippen LogP contribution in [-0.2, 0) is 0 Å². The van der Waals surface area contributed by atoms with E-state index in [4.69, 9.17) is 10.00 Å². The maximum atomic E-state index is 12.3. The fourth-order valence-electron chi connectivity index (χ4n) is 2.83. The van der Waals surface area contributed by atoms with Gasteiger partial charge in [-0.1, -0.05) is 12.1 Å². The Hall–Kier alpha value is -3.77. The summed E-state index contributed by atoms with van der Waals surface area (Å²) in [5, 5.41) is 30.0. The van der Waals surface area contributed by atoms with E-state index in [9.17, 15) is 24.8 Å². The summed E-state index contributed by atoms with van der Waals surface area (Å²) in [6.07, 6.45) is -0.988. The number of nitro benzene ring substituents is 1. The number of hydrogen-bond donors (Lipinski definition) is 1. The van der Waals surface area contributed by atoms with Gasteiger partial charge in [-0.3, -0.25) is 24.6 Å². The molecule has 2 aromatic carbocycles. The van der Waals surface area contributed by atoms with Crippen molar-refractivity contribution in [2.45, 2.75) is 12.5 Å². The van der Waals surface area contributed by atoms with E-state index in [-0.39, 0.29) is 36.6 Å². The van der Waals surface area contributed by atoms with Crippen LogP contribution in [0.3, 0.4) is 0 Å². The van der Waals surface area contributed by atoms with Crippen LogP contribution in [0.15, 0.2) is 42.5 Å². The molecule has 2 aromatic rings. The molecule has 3 rings (SSSR count). The predicted octanol–water partition coefficient (Wildman–Crippen LogP) is 1.89. The Balaban J connectivity index is 1.59. The van der Waals surface area contributed by atoms with Gasteiger partial charge in [-0.15, -0.1) is 0 Å². The van der Waals surface area contributed by atoms with Gasteiger partial charge in [0, 0.05) is 12.6 Å². The first-order valence-electron chi connectivity index (χ1n) is 8.37. The lowest BCUT2D eigenvalue weighted by atomic mass is 10.1. The molecule has 2 amide bonds. The van der Waals surface area contributed by atoms with E-state index in [1.165, 1.54) is 12.1 Å². The van der Waals surface area contributed by atoms with Gasteiger partial charge in [0.25, 0.3) is 17.5 Å². The number of aliphatic hydroxyl groups is 1. The minimum absolute atomic E-state index is 0.00306. The average Bonchev–Trinajstić information content (AvgIpc) is 2.95. The third-order valence-electron chi connectivity index (χ3n) is 4.29. The molecule has 1 aliphatic rings. The number of ether oxygens (including phenoxy) is 1. The van der Waals surface area contributed by atoms with Crippen molar-refractivity contribution in [1.82, 2.24) is 4.90 Å². The van der Waals surface area contributed by atoms with Gasteiger partial charge in [0.1, 0.15) is 18.4 Å². The third-order valence-corrected chi connectivity index (χ3v) is 4.29. The molecule has 0 fully saturated rings. The number of aliphatic hydroxyl groups excluding tert-OH is 1.